The SMILES string of the molecule is CC1(CN)CCN(Cc2cnn(Cc3ccccc3)c2)C1.Cl. The van der Waals surface area contributed by atoms with Gasteiger partial charge in [-0.25, -0.2) is 0 Å². The van der Waals surface area contributed by atoms with Gasteiger partial charge in [0.2, 0.25) is 0 Å². The van der Waals surface area contributed by atoms with Crippen LogP contribution in [-0.2, 0) is 13.1 Å². The molecule has 2 N–H and O–H groups in total. The van der Waals surface area contributed by atoms with Crippen LogP contribution in [0.15, 0.2) is 42.7 Å². The molecule has 1 aliphatic heterocycles. The molecule has 2 aromatic rings. The minimum atomic E-state index is 0. The number of aromatic nitrogens is 2. The summed E-state index contributed by atoms with van der Waals surface area (Å²) in [7, 11) is 0. The summed E-state index contributed by atoms with van der Waals surface area (Å²) < 4.78 is 2.02. The van der Waals surface area contributed by atoms with E-state index in [1.807, 2.05) is 16.9 Å². The lowest BCUT2D eigenvalue weighted by Crippen LogP contribution is -2.31. The van der Waals surface area contributed by atoms with E-state index in [4.69, 9.17) is 5.73 Å². The largest absolute Gasteiger partial charge is 0.330 e. The molecule has 0 spiro atoms. The van der Waals surface area contributed by atoms with Gasteiger partial charge in [-0.3, -0.25) is 9.58 Å². The lowest BCUT2D eigenvalue weighted by molar-refractivity contribution is 0.274. The van der Waals surface area contributed by atoms with Crippen molar-refractivity contribution in [1.82, 2.24) is 14.7 Å². The predicted molar refractivity (Wildman–Crippen MR) is 92.1 cm³/mol. The topological polar surface area (TPSA) is 47.1 Å². The summed E-state index contributed by atoms with van der Waals surface area (Å²) in [6, 6.07) is 10.4. The molecule has 1 saturated heterocycles. The minimum Gasteiger partial charge on any atom is -0.330 e. The van der Waals surface area contributed by atoms with Gasteiger partial charge in [-0.2, -0.15) is 5.10 Å². The summed E-state index contributed by atoms with van der Waals surface area (Å²) in [5.41, 5.74) is 8.73. The fourth-order valence-corrected chi connectivity index (χ4v) is 3.03. The number of likely N-dealkylation sites (tertiary alicyclic amines) is 1. The van der Waals surface area contributed by atoms with Crippen LogP contribution in [0.25, 0.3) is 0 Å². The van der Waals surface area contributed by atoms with E-state index in [0.717, 1.165) is 32.7 Å². The molecule has 1 unspecified atom stereocenters. The van der Waals surface area contributed by atoms with E-state index in [-0.39, 0.29) is 12.4 Å². The molecule has 2 heterocycles. The highest BCUT2D eigenvalue weighted by Gasteiger charge is 2.32. The average molecular weight is 321 g/mol. The van der Waals surface area contributed by atoms with Crippen molar-refractivity contribution in [2.75, 3.05) is 19.6 Å². The highest BCUT2D eigenvalue weighted by Crippen LogP contribution is 2.29. The Labute approximate surface area is 138 Å². The Bertz CT molecular complexity index is 583. The van der Waals surface area contributed by atoms with Gasteiger partial charge in [0, 0.05) is 24.8 Å². The summed E-state index contributed by atoms with van der Waals surface area (Å²) in [4.78, 5) is 2.48. The van der Waals surface area contributed by atoms with Gasteiger partial charge in [-0.1, -0.05) is 37.3 Å². The second-order valence-corrected chi connectivity index (χ2v) is 6.51. The van der Waals surface area contributed by atoms with E-state index in [0.29, 0.717) is 5.41 Å². The monoisotopic (exact) mass is 320 g/mol. The fraction of sp³-hybridized carbons (Fsp3) is 0.471. The summed E-state index contributed by atoms with van der Waals surface area (Å²) in [6.45, 7) is 7.10. The minimum absolute atomic E-state index is 0. The van der Waals surface area contributed by atoms with Crippen molar-refractivity contribution in [3.05, 3.63) is 53.9 Å². The highest BCUT2D eigenvalue weighted by molar-refractivity contribution is 5.85. The molecular formula is C17H25ClN4. The van der Waals surface area contributed by atoms with Crippen molar-refractivity contribution in [1.29, 1.82) is 0 Å². The molecule has 0 bridgehead atoms. The van der Waals surface area contributed by atoms with Crippen molar-refractivity contribution in [2.45, 2.75) is 26.4 Å². The number of rotatable bonds is 5. The first-order chi connectivity index (χ1) is 10.2. The first kappa shape index (κ1) is 17.0. The van der Waals surface area contributed by atoms with Crippen LogP contribution in [0.4, 0.5) is 0 Å². The summed E-state index contributed by atoms with van der Waals surface area (Å²) in [5, 5.41) is 4.48. The maximum absolute atomic E-state index is 5.87. The Morgan fingerprint density at radius 2 is 1.95 bits per heavy atom. The van der Waals surface area contributed by atoms with Crippen LogP contribution in [0.2, 0.25) is 0 Å². The first-order valence-corrected chi connectivity index (χ1v) is 7.65. The van der Waals surface area contributed by atoms with Crippen LogP contribution < -0.4 is 5.73 Å². The zero-order valence-corrected chi connectivity index (χ0v) is 13.9. The molecule has 1 aromatic heterocycles. The van der Waals surface area contributed by atoms with Gasteiger partial charge < -0.3 is 5.73 Å². The molecule has 1 atom stereocenters. The van der Waals surface area contributed by atoms with E-state index >= 15 is 0 Å². The van der Waals surface area contributed by atoms with Crippen LogP contribution in [0.5, 0.6) is 0 Å². The van der Waals surface area contributed by atoms with Gasteiger partial charge >= 0.3 is 0 Å². The third-order valence-corrected chi connectivity index (χ3v) is 4.41. The number of halogens is 1. The van der Waals surface area contributed by atoms with Crippen molar-refractivity contribution >= 4 is 12.4 Å². The normalized spacial score (nSPS) is 21.7. The Balaban J connectivity index is 0.00000176. The maximum Gasteiger partial charge on any atom is 0.0659 e. The quantitative estimate of drug-likeness (QED) is 0.921. The molecule has 120 valence electrons. The third kappa shape index (κ3) is 4.09. The van der Waals surface area contributed by atoms with Gasteiger partial charge in [0.25, 0.3) is 0 Å². The third-order valence-electron chi connectivity index (χ3n) is 4.41. The zero-order valence-electron chi connectivity index (χ0n) is 13.1. The maximum atomic E-state index is 5.87. The van der Waals surface area contributed by atoms with Gasteiger partial charge in [-0.05, 0) is 30.5 Å². The van der Waals surface area contributed by atoms with Gasteiger partial charge in [0.1, 0.15) is 0 Å². The second kappa shape index (κ2) is 7.27. The first-order valence-electron chi connectivity index (χ1n) is 7.65. The molecule has 0 aliphatic carbocycles. The lowest BCUT2D eigenvalue weighted by atomic mass is 9.90. The molecule has 1 aromatic carbocycles. The van der Waals surface area contributed by atoms with Crippen LogP contribution in [0.3, 0.4) is 0 Å². The standard InChI is InChI=1S/C17H24N4.ClH/c1-17(13-18)7-8-20(14-17)10-16-9-19-21(12-16)11-15-5-3-2-4-6-15;/h2-6,9,12H,7-8,10-11,13-14,18H2,1H3;1H. The molecule has 0 saturated carbocycles. The highest BCUT2D eigenvalue weighted by atomic mass is 35.5. The molecule has 1 fully saturated rings. The van der Waals surface area contributed by atoms with E-state index < -0.39 is 0 Å². The fourth-order valence-electron chi connectivity index (χ4n) is 3.03. The Kier molecular flexibility index (Phi) is 5.62. The Hall–Kier alpha value is -1.36. The zero-order chi connectivity index (χ0) is 14.7. The lowest BCUT2D eigenvalue weighted by Gasteiger charge is -2.22. The summed E-state index contributed by atoms with van der Waals surface area (Å²) in [6.07, 6.45) is 5.34. The van der Waals surface area contributed by atoms with Crippen molar-refractivity contribution in [2.24, 2.45) is 11.1 Å². The average Bonchev–Trinajstić information content (AvgIpc) is 3.08. The smallest absolute Gasteiger partial charge is 0.0659 e. The number of hydrogen-bond donors (Lipinski definition) is 1. The molecule has 5 heteroatoms. The number of benzene rings is 1. The van der Waals surface area contributed by atoms with Crippen molar-refractivity contribution in [3.8, 4) is 0 Å². The Morgan fingerprint density at radius 1 is 1.18 bits per heavy atom. The second-order valence-electron chi connectivity index (χ2n) is 6.51. The number of hydrogen-bond acceptors (Lipinski definition) is 3. The molecular weight excluding hydrogens is 296 g/mol. The van der Waals surface area contributed by atoms with Crippen LogP contribution in [0.1, 0.15) is 24.5 Å². The number of nitrogens with zero attached hydrogens (tertiary/aromatic N) is 3. The van der Waals surface area contributed by atoms with Crippen LogP contribution in [0, 0.1) is 5.41 Å². The van der Waals surface area contributed by atoms with Gasteiger partial charge in [0.05, 0.1) is 12.7 Å². The van der Waals surface area contributed by atoms with E-state index in [1.54, 1.807) is 0 Å². The van der Waals surface area contributed by atoms with E-state index in [2.05, 4.69) is 47.4 Å². The van der Waals surface area contributed by atoms with Crippen molar-refractivity contribution in [3.63, 3.8) is 0 Å². The number of nitrogens with two attached hydrogens (primary N) is 1. The summed E-state index contributed by atoms with van der Waals surface area (Å²) >= 11 is 0. The van der Waals surface area contributed by atoms with Crippen LogP contribution in [-0.4, -0.2) is 34.3 Å². The van der Waals surface area contributed by atoms with Gasteiger partial charge in [-0.15, -0.1) is 12.4 Å². The molecule has 4 nitrogen and oxygen atoms in total. The van der Waals surface area contributed by atoms with Crippen molar-refractivity contribution < 1.29 is 0 Å². The molecule has 3 rings (SSSR count). The van der Waals surface area contributed by atoms with Crippen LogP contribution >= 0.6 is 12.4 Å². The predicted octanol–water partition coefficient (Wildman–Crippen LogP) is 2.52. The molecule has 22 heavy (non-hydrogen) atoms. The molecule has 0 amide bonds. The summed E-state index contributed by atoms with van der Waals surface area (Å²) in [5.74, 6) is 0. The van der Waals surface area contributed by atoms with Gasteiger partial charge in [0.15, 0.2) is 0 Å². The Morgan fingerprint density at radius 3 is 2.64 bits per heavy atom. The van der Waals surface area contributed by atoms with E-state index in [9.17, 15) is 0 Å². The molecule has 1 aliphatic rings. The molecule has 0 radical (unpaired) electrons. The van der Waals surface area contributed by atoms with E-state index in [1.165, 1.54) is 17.5 Å².